The number of aromatic amines is 1. The van der Waals surface area contributed by atoms with Gasteiger partial charge in [-0.05, 0) is 12.1 Å². The lowest BCUT2D eigenvalue weighted by Gasteiger charge is -2.09. The molecule has 0 amide bonds. The maximum atomic E-state index is 14.3. The summed E-state index contributed by atoms with van der Waals surface area (Å²) >= 11 is 0. The molecular formula is C16H11BF4N2O2. The molecule has 0 saturated heterocycles. The van der Waals surface area contributed by atoms with E-state index in [0.29, 0.717) is 30.4 Å². The van der Waals surface area contributed by atoms with E-state index < -0.39 is 35.3 Å². The molecule has 0 fully saturated rings. The van der Waals surface area contributed by atoms with Gasteiger partial charge >= 0.3 is 6.61 Å². The van der Waals surface area contributed by atoms with Crippen molar-refractivity contribution in [1.82, 2.24) is 9.97 Å². The molecule has 9 heteroatoms. The van der Waals surface area contributed by atoms with Gasteiger partial charge in [-0.15, -0.1) is 0 Å². The molecule has 1 aromatic carbocycles. The number of ketones is 1. The Labute approximate surface area is 140 Å². The molecule has 3 rings (SSSR count). The van der Waals surface area contributed by atoms with Crippen molar-refractivity contribution in [2.24, 2.45) is 0 Å². The number of nitrogens with zero attached hydrogens (tertiary/aromatic N) is 1. The number of pyridine rings is 1. The lowest BCUT2D eigenvalue weighted by Crippen LogP contribution is -2.13. The molecule has 0 unspecified atom stereocenters. The highest BCUT2D eigenvalue weighted by molar-refractivity contribution is 6.52. The summed E-state index contributed by atoms with van der Waals surface area (Å²) in [5.74, 6) is -4.53. The highest BCUT2D eigenvalue weighted by Crippen LogP contribution is 2.28. The van der Waals surface area contributed by atoms with Crippen LogP contribution < -0.4 is 10.2 Å². The van der Waals surface area contributed by atoms with Crippen LogP contribution in [0.5, 0.6) is 5.75 Å². The Bertz CT molecular complexity index is 959. The number of ether oxygens (including phenoxy) is 1. The fourth-order valence-corrected chi connectivity index (χ4v) is 2.49. The van der Waals surface area contributed by atoms with Crippen LogP contribution >= 0.6 is 0 Å². The van der Waals surface area contributed by atoms with Crippen molar-refractivity contribution in [3.05, 3.63) is 53.4 Å². The Morgan fingerprint density at radius 3 is 2.76 bits per heavy atom. The topological polar surface area (TPSA) is 55.0 Å². The molecule has 0 aliphatic heterocycles. The maximum Gasteiger partial charge on any atom is 0.387 e. The Hall–Kier alpha value is -2.84. The van der Waals surface area contributed by atoms with Crippen molar-refractivity contribution in [2.45, 2.75) is 13.4 Å². The second-order valence-electron chi connectivity index (χ2n) is 5.24. The summed E-state index contributed by atoms with van der Waals surface area (Å²) in [5, 5.41) is 0.392. The van der Waals surface area contributed by atoms with Crippen molar-refractivity contribution in [3.63, 3.8) is 0 Å². The summed E-state index contributed by atoms with van der Waals surface area (Å²) in [6.45, 7) is -1.41. The van der Waals surface area contributed by atoms with Gasteiger partial charge in [0.25, 0.3) is 0 Å². The van der Waals surface area contributed by atoms with Crippen LogP contribution in [-0.2, 0) is 0 Å². The van der Waals surface area contributed by atoms with E-state index in [1.54, 1.807) is 12.3 Å². The Balaban J connectivity index is 2.13. The van der Waals surface area contributed by atoms with Gasteiger partial charge in [-0.3, -0.25) is 4.79 Å². The second kappa shape index (κ2) is 6.58. The quantitative estimate of drug-likeness (QED) is 0.437. The van der Waals surface area contributed by atoms with Gasteiger partial charge in [-0.1, -0.05) is 18.4 Å². The minimum atomic E-state index is -3.30. The Morgan fingerprint density at radius 1 is 1.32 bits per heavy atom. The third-order valence-electron chi connectivity index (χ3n) is 3.74. The summed E-state index contributed by atoms with van der Waals surface area (Å²) in [7, 11) is 0.655. The Morgan fingerprint density at radius 2 is 2.08 bits per heavy atom. The fourth-order valence-electron chi connectivity index (χ4n) is 2.49. The number of benzene rings is 1. The van der Waals surface area contributed by atoms with Crippen LogP contribution in [0.25, 0.3) is 11.0 Å². The molecule has 0 atom stereocenters. The van der Waals surface area contributed by atoms with Crippen LogP contribution in [0.4, 0.5) is 17.6 Å². The average molecular weight is 350 g/mol. The van der Waals surface area contributed by atoms with Crippen molar-refractivity contribution < 1.29 is 27.1 Å². The fraction of sp³-hybridized carbons (Fsp3) is 0.125. The van der Waals surface area contributed by atoms with Crippen LogP contribution in [0, 0.1) is 11.6 Å². The zero-order valence-electron chi connectivity index (χ0n) is 12.9. The maximum absolute atomic E-state index is 14.3. The van der Waals surface area contributed by atoms with Crippen LogP contribution in [0.3, 0.4) is 0 Å². The van der Waals surface area contributed by atoms with Crippen LogP contribution in [0.15, 0.2) is 30.6 Å². The first kappa shape index (κ1) is 17.0. The zero-order chi connectivity index (χ0) is 18.1. The SMILES string of the molecule is CBc1cnc2[nH]cc(C(=O)c3c(F)ccc(OC(F)F)c3F)c2c1. The number of carbonyl (C=O) groups is 1. The normalized spacial score (nSPS) is 11.1. The number of nitrogens with one attached hydrogen (secondary N) is 1. The highest BCUT2D eigenvalue weighted by atomic mass is 19.3. The van der Waals surface area contributed by atoms with E-state index in [0.717, 1.165) is 5.46 Å². The number of halogens is 4. The molecule has 0 aliphatic rings. The van der Waals surface area contributed by atoms with Gasteiger partial charge in [-0.2, -0.15) is 8.78 Å². The summed E-state index contributed by atoms with van der Waals surface area (Å²) < 4.78 is 57.0. The molecule has 0 saturated carbocycles. The first-order valence-electron chi connectivity index (χ1n) is 7.35. The number of fused-ring (bicyclic) bond motifs is 1. The van der Waals surface area contributed by atoms with Gasteiger partial charge in [0.2, 0.25) is 5.78 Å². The number of H-pyrrole nitrogens is 1. The predicted molar refractivity (Wildman–Crippen MR) is 85.2 cm³/mol. The standard InChI is InChI=1S/C16H11BF4N2O2/c1-17-7-4-8-9(6-23-15(8)22-5-7)14(24)12-10(18)2-3-11(13(12)19)25-16(20)21/h2-6,16-17H,1H3,(H,22,23). The van der Waals surface area contributed by atoms with Crippen molar-refractivity contribution in [1.29, 1.82) is 0 Å². The van der Waals surface area contributed by atoms with Crippen LogP contribution in [0.1, 0.15) is 15.9 Å². The summed E-state index contributed by atoms with van der Waals surface area (Å²) in [5.41, 5.74) is 0.240. The van der Waals surface area contributed by atoms with Crippen molar-refractivity contribution in [2.75, 3.05) is 0 Å². The van der Waals surface area contributed by atoms with E-state index in [-0.39, 0.29) is 5.56 Å². The number of carbonyl (C=O) groups excluding carboxylic acids is 1. The van der Waals surface area contributed by atoms with E-state index in [2.05, 4.69) is 14.7 Å². The van der Waals surface area contributed by atoms with Gasteiger partial charge in [-0.25, -0.2) is 13.8 Å². The van der Waals surface area contributed by atoms with Crippen molar-refractivity contribution >= 4 is 29.6 Å². The van der Waals surface area contributed by atoms with Gasteiger partial charge in [0.1, 0.15) is 11.5 Å². The second-order valence-corrected chi connectivity index (χ2v) is 5.24. The van der Waals surface area contributed by atoms with E-state index in [1.165, 1.54) is 6.20 Å². The minimum absolute atomic E-state index is 0.00945. The third-order valence-corrected chi connectivity index (χ3v) is 3.74. The molecular weight excluding hydrogens is 339 g/mol. The number of rotatable bonds is 5. The smallest absolute Gasteiger partial charge is 0.387 e. The van der Waals surface area contributed by atoms with Crippen molar-refractivity contribution in [3.8, 4) is 5.75 Å². The minimum Gasteiger partial charge on any atom is -0.432 e. The largest absolute Gasteiger partial charge is 0.432 e. The number of aromatic nitrogens is 2. The molecule has 0 bridgehead atoms. The Kier molecular flexibility index (Phi) is 4.48. The first-order valence-corrected chi connectivity index (χ1v) is 7.35. The van der Waals surface area contributed by atoms with E-state index in [9.17, 15) is 22.4 Å². The molecule has 2 aromatic heterocycles. The third kappa shape index (κ3) is 3.09. The van der Waals surface area contributed by atoms with Gasteiger partial charge < -0.3 is 9.72 Å². The predicted octanol–water partition coefficient (Wildman–Crippen LogP) is 2.78. The average Bonchev–Trinajstić information content (AvgIpc) is 3.00. The van der Waals surface area contributed by atoms with Crippen LogP contribution in [-0.4, -0.2) is 29.6 Å². The van der Waals surface area contributed by atoms with Gasteiger partial charge in [0, 0.05) is 23.3 Å². The molecule has 128 valence electrons. The molecule has 2 heterocycles. The molecule has 1 N–H and O–H groups in total. The first-order chi connectivity index (χ1) is 11.9. The molecule has 0 radical (unpaired) electrons. The van der Waals surface area contributed by atoms with E-state index >= 15 is 0 Å². The highest BCUT2D eigenvalue weighted by Gasteiger charge is 2.26. The molecule has 25 heavy (non-hydrogen) atoms. The summed E-state index contributed by atoms with van der Waals surface area (Å²) in [4.78, 5) is 19.5. The molecule has 4 nitrogen and oxygen atoms in total. The van der Waals surface area contributed by atoms with E-state index in [4.69, 9.17) is 0 Å². The molecule has 0 spiro atoms. The lowest BCUT2D eigenvalue weighted by molar-refractivity contribution is -0.0523. The monoisotopic (exact) mass is 350 g/mol. The zero-order valence-corrected chi connectivity index (χ0v) is 12.9. The van der Waals surface area contributed by atoms with Gasteiger partial charge in [0.05, 0.1) is 5.56 Å². The number of hydrogen-bond donors (Lipinski definition) is 1. The summed E-state index contributed by atoms with van der Waals surface area (Å²) in [6, 6.07) is 3.10. The van der Waals surface area contributed by atoms with Gasteiger partial charge in [0.15, 0.2) is 18.8 Å². The number of alkyl halides is 2. The molecule has 0 aliphatic carbocycles. The number of hydrogen-bond acceptors (Lipinski definition) is 3. The van der Waals surface area contributed by atoms with Crippen LogP contribution in [0.2, 0.25) is 6.82 Å². The summed E-state index contributed by atoms with van der Waals surface area (Å²) in [6.07, 6.45) is 2.89. The van der Waals surface area contributed by atoms with E-state index in [1.807, 2.05) is 6.82 Å². The lowest BCUT2D eigenvalue weighted by atomic mass is 9.74. The molecule has 3 aromatic rings.